The van der Waals surface area contributed by atoms with Gasteiger partial charge in [0.15, 0.2) is 5.69 Å². The van der Waals surface area contributed by atoms with Crippen LogP contribution >= 0.6 is 0 Å². The molecule has 0 saturated heterocycles. The van der Waals surface area contributed by atoms with Crippen molar-refractivity contribution in [2.75, 3.05) is 6.54 Å². The number of benzene rings is 2. The fourth-order valence-electron chi connectivity index (χ4n) is 2.80. The predicted octanol–water partition coefficient (Wildman–Crippen LogP) is 3.36. The Bertz CT molecular complexity index is 925. The lowest BCUT2D eigenvalue weighted by Crippen LogP contribution is -2.33. The molecule has 1 amide bonds. The summed E-state index contributed by atoms with van der Waals surface area (Å²) in [6.07, 6.45) is 1.49. The quantitative estimate of drug-likeness (QED) is 0.710. The highest BCUT2D eigenvalue weighted by atomic mass is 16.2. The highest BCUT2D eigenvalue weighted by Crippen LogP contribution is 2.22. The number of carbonyl (C=O) groups excluding carboxylic acids is 1. The van der Waals surface area contributed by atoms with Gasteiger partial charge in [0.05, 0.1) is 29.6 Å². The number of amides is 1. The average Bonchev–Trinajstić information content (AvgIpc) is 3.19. The van der Waals surface area contributed by atoms with Crippen molar-refractivity contribution < 1.29 is 4.79 Å². The molecule has 0 fully saturated rings. The number of nitrogens with zero attached hydrogens (tertiary/aromatic N) is 5. The molecule has 1 atom stereocenters. The molecule has 0 bridgehead atoms. The number of para-hydroxylation sites is 1. The summed E-state index contributed by atoms with van der Waals surface area (Å²) >= 11 is 0. The van der Waals surface area contributed by atoms with Crippen LogP contribution in [0.4, 0.5) is 0 Å². The zero-order chi connectivity index (χ0) is 18.5. The molecule has 3 rings (SSSR count). The second-order valence-electron chi connectivity index (χ2n) is 5.86. The van der Waals surface area contributed by atoms with Gasteiger partial charge in [-0.15, -0.1) is 5.10 Å². The Morgan fingerprint density at radius 1 is 1.19 bits per heavy atom. The van der Waals surface area contributed by atoms with Crippen molar-refractivity contribution in [3.63, 3.8) is 0 Å². The third-order valence-corrected chi connectivity index (χ3v) is 4.29. The molecule has 1 aromatic heterocycles. The van der Waals surface area contributed by atoms with E-state index in [1.165, 1.54) is 11.0 Å². The van der Waals surface area contributed by atoms with Crippen molar-refractivity contribution in [3.8, 4) is 11.8 Å². The SMILES string of the molecule is CCN(C(=O)c1cnn(-c2ccccc2)n1)C(C)c1ccc(C#N)cc1. The lowest BCUT2D eigenvalue weighted by Gasteiger charge is -2.27. The minimum absolute atomic E-state index is 0.137. The van der Waals surface area contributed by atoms with Gasteiger partial charge < -0.3 is 4.90 Å². The van der Waals surface area contributed by atoms with Gasteiger partial charge in [-0.3, -0.25) is 4.79 Å². The van der Waals surface area contributed by atoms with Gasteiger partial charge in [-0.2, -0.15) is 15.2 Å². The predicted molar refractivity (Wildman–Crippen MR) is 97.6 cm³/mol. The number of carbonyl (C=O) groups is 1. The molecule has 1 heterocycles. The summed E-state index contributed by atoms with van der Waals surface area (Å²) in [7, 11) is 0. The van der Waals surface area contributed by atoms with E-state index in [2.05, 4.69) is 16.3 Å². The average molecular weight is 345 g/mol. The van der Waals surface area contributed by atoms with Gasteiger partial charge in [-0.25, -0.2) is 0 Å². The van der Waals surface area contributed by atoms with E-state index in [0.717, 1.165) is 11.3 Å². The Morgan fingerprint density at radius 3 is 2.50 bits per heavy atom. The minimum Gasteiger partial charge on any atom is -0.331 e. The van der Waals surface area contributed by atoms with E-state index in [0.29, 0.717) is 17.8 Å². The highest BCUT2D eigenvalue weighted by molar-refractivity contribution is 5.92. The maximum Gasteiger partial charge on any atom is 0.276 e. The van der Waals surface area contributed by atoms with Gasteiger partial charge in [0, 0.05) is 6.54 Å². The molecular formula is C20H19N5O. The highest BCUT2D eigenvalue weighted by Gasteiger charge is 2.23. The number of aromatic nitrogens is 3. The van der Waals surface area contributed by atoms with Crippen molar-refractivity contribution in [2.45, 2.75) is 19.9 Å². The molecule has 0 spiro atoms. The molecule has 26 heavy (non-hydrogen) atoms. The topological polar surface area (TPSA) is 74.8 Å². The molecule has 0 aliphatic carbocycles. The third kappa shape index (κ3) is 3.47. The summed E-state index contributed by atoms with van der Waals surface area (Å²) in [5.41, 5.74) is 2.67. The largest absolute Gasteiger partial charge is 0.331 e. The molecule has 0 aliphatic heterocycles. The van der Waals surface area contributed by atoms with Crippen LogP contribution < -0.4 is 0 Å². The molecule has 3 aromatic rings. The molecular weight excluding hydrogens is 326 g/mol. The van der Waals surface area contributed by atoms with Crippen molar-refractivity contribution in [1.29, 1.82) is 5.26 Å². The summed E-state index contributed by atoms with van der Waals surface area (Å²) in [5.74, 6) is -0.174. The van der Waals surface area contributed by atoms with E-state index in [1.807, 2.05) is 56.3 Å². The molecule has 0 N–H and O–H groups in total. The molecule has 6 nitrogen and oxygen atoms in total. The van der Waals surface area contributed by atoms with Crippen molar-refractivity contribution in [2.24, 2.45) is 0 Å². The Kier molecular flexibility index (Phi) is 5.09. The van der Waals surface area contributed by atoms with Crippen LogP contribution in [-0.4, -0.2) is 32.3 Å². The maximum atomic E-state index is 12.9. The van der Waals surface area contributed by atoms with E-state index in [-0.39, 0.29) is 11.9 Å². The van der Waals surface area contributed by atoms with Crippen LogP contribution in [0.3, 0.4) is 0 Å². The standard InChI is InChI=1S/C20H19N5O/c1-3-24(15(2)17-11-9-16(13-21)10-12-17)20(26)19-14-22-25(23-19)18-7-5-4-6-8-18/h4-12,14-15H,3H2,1-2H3. The summed E-state index contributed by atoms with van der Waals surface area (Å²) < 4.78 is 0. The van der Waals surface area contributed by atoms with Crippen molar-refractivity contribution in [3.05, 3.63) is 77.6 Å². The van der Waals surface area contributed by atoms with E-state index < -0.39 is 0 Å². The molecule has 0 saturated carbocycles. The first-order valence-corrected chi connectivity index (χ1v) is 8.43. The number of rotatable bonds is 5. The summed E-state index contributed by atoms with van der Waals surface area (Å²) in [5, 5.41) is 17.4. The smallest absolute Gasteiger partial charge is 0.276 e. The first kappa shape index (κ1) is 17.4. The summed E-state index contributed by atoms with van der Waals surface area (Å²) in [6, 6.07) is 18.7. The first-order valence-electron chi connectivity index (χ1n) is 8.43. The van der Waals surface area contributed by atoms with Gasteiger partial charge in [0.25, 0.3) is 5.91 Å². The van der Waals surface area contributed by atoms with Crippen LogP contribution in [0.15, 0.2) is 60.8 Å². The zero-order valence-corrected chi connectivity index (χ0v) is 14.7. The Labute approximate surface area is 152 Å². The fraction of sp³-hybridized carbons (Fsp3) is 0.200. The molecule has 0 radical (unpaired) electrons. The maximum absolute atomic E-state index is 12.9. The van der Waals surface area contributed by atoms with Gasteiger partial charge in [-0.1, -0.05) is 30.3 Å². The van der Waals surface area contributed by atoms with Crippen molar-refractivity contribution >= 4 is 5.91 Å². The minimum atomic E-state index is -0.174. The zero-order valence-electron chi connectivity index (χ0n) is 14.7. The van der Waals surface area contributed by atoms with Gasteiger partial charge in [-0.05, 0) is 43.7 Å². The van der Waals surface area contributed by atoms with E-state index in [1.54, 1.807) is 17.0 Å². The second kappa shape index (κ2) is 7.62. The number of hydrogen-bond donors (Lipinski definition) is 0. The van der Waals surface area contributed by atoms with Crippen molar-refractivity contribution in [1.82, 2.24) is 19.9 Å². The van der Waals surface area contributed by atoms with Crippen LogP contribution in [0.5, 0.6) is 0 Å². The van der Waals surface area contributed by atoms with E-state index >= 15 is 0 Å². The summed E-state index contributed by atoms with van der Waals surface area (Å²) in [6.45, 7) is 4.43. The van der Waals surface area contributed by atoms with Gasteiger partial charge >= 0.3 is 0 Å². The van der Waals surface area contributed by atoms with Crippen LogP contribution in [0, 0.1) is 11.3 Å². The molecule has 0 aliphatic rings. The monoisotopic (exact) mass is 345 g/mol. The molecule has 1 unspecified atom stereocenters. The lowest BCUT2D eigenvalue weighted by molar-refractivity contribution is 0.0695. The number of hydrogen-bond acceptors (Lipinski definition) is 4. The Morgan fingerprint density at radius 2 is 1.88 bits per heavy atom. The van der Waals surface area contributed by atoms with Crippen LogP contribution in [-0.2, 0) is 0 Å². The first-order chi connectivity index (χ1) is 12.6. The lowest BCUT2D eigenvalue weighted by atomic mass is 10.0. The van der Waals surface area contributed by atoms with Gasteiger partial charge in [0.2, 0.25) is 0 Å². The second-order valence-corrected chi connectivity index (χ2v) is 5.86. The third-order valence-electron chi connectivity index (χ3n) is 4.29. The van der Waals surface area contributed by atoms with Crippen LogP contribution in [0.2, 0.25) is 0 Å². The fourth-order valence-corrected chi connectivity index (χ4v) is 2.80. The van der Waals surface area contributed by atoms with Gasteiger partial charge in [0.1, 0.15) is 0 Å². The number of nitriles is 1. The Balaban J connectivity index is 1.82. The van der Waals surface area contributed by atoms with Crippen LogP contribution in [0.1, 0.15) is 41.5 Å². The normalized spacial score (nSPS) is 11.6. The van der Waals surface area contributed by atoms with Crippen LogP contribution in [0.25, 0.3) is 5.69 Å². The Hall–Kier alpha value is -3.46. The van der Waals surface area contributed by atoms with E-state index in [4.69, 9.17) is 5.26 Å². The van der Waals surface area contributed by atoms with E-state index in [9.17, 15) is 4.79 Å². The summed E-state index contributed by atoms with van der Waals surface area (Å²) in [4.78, 5) is 16.1. The molecule has 6 heteroatoms. The molecule has 2 aromatic carbocycles. The molecule has 130 valence electrons.